The summed E-state index contributed by atoms with van der Waals surface area (Å²) in [5, 5.41) is 8.49. The van der Waals surface area contributed by atoms with E-state index in [1.807, 2.05) is 0 Å². The van der Waals surface area contributed by atoms with Gasteiger partial charge < -0.3 is 10.8 Å². The Kier molecular flexibility index (Phi) is 4.23. The van der Waals surface area contributed by atoms with Gasteiger partial charge in [0.15, 0.2) is 0 Å². The average Bonchev–Trinajstić information content (AvgIpc) is 2.14. The van der Waals surface area contributed by atoms with E-state index >= 15 is 0 Å². The first-order chi connectivity index (χ1) is 7.02. The summed E-state index contributed by atoms with van der Waals surface area (Å²) in [6.07, 6.45) is 0.150. The molecule has 1 aromatic carbocycles. The van der Waals surface area contributed by atoms with E-state index in [4.69, 9.17) is 10.8 Å². The highest BCUT2D eigenvalue weighted by Gasteiger charge is 2.15. The Bertz CT molecular complexity index is 350. The van der Waals surface area contributed by atoms with Crippen LogP contribution in [0.4, 0.5) is 4.39 Å². The summed E-state index contributed by atoms with van der Waals surface area (Å²) in [4.78, 5) is 10.3. The Balaban J connectivity index is 2.81. The number of benzene rings is 1. The molecule has 0 radical (unpaired) electrons. The molecule has 0 saturated heterocycles. The number of hydrogen-bond acceptors (Lipinski definition) is 2. The highest BCUT2D eigenvalue weighted by atomic mass is 79.9. The van der Waals surface area contributed by atoms with Crippen molar-refractivity contribution < 1.29 is 14.3 Å². The monoisotopic (exact) mass is 275 g/mol. The number of nitrogens with two attached hydrogens (primary N) is 1. The molecule has 0 saturated carbocycles. The number of carboxylic acids is 1. The lowest BCUT2D eigenvalue weighted by atomic mass is 10.0. The fraction of sp³-hybridized carbons (Fsp3) is 0.300. The highest BCUT2D eigenvalue weighted by Crippen LogP contribution is 2.27. The molecular formula is C10H11BrFNO2. The molecule has 5 heteroatoms. The van der Waals surface area contributed by atoms with E-state index < -0.39 is 17.8 Å². The van der Waals surface area contributed by atoms with Gasteiger partial charge in [-0.1, -0.05) is 22.0 Å². The Labute approximate surface area is 95.2 Å². The number of rotatable bonds is 4. The molecule has 0 aliphatic rings. The molecule has 3 N–H and O–H groups in total. The Morgan fingerprint density at radius 2 is 2.27 bits per heavy atom. The van der Waals surface area contributed by atoms with Crippen LogP contribution >= 0.6 is 15.9 Å². The molecule has 0 fully saturated rings. The molecule has 1 unspecified atom stereocenters. The van der Waals surface area contributed by atoms with Crippen molar-refractivity contribution in [1.29, 1.82) is 0 Å². The molecule has 0 heterocycles. The van der Waals surface area contributed by atoms with Crippen LogP contribution in [0, 0.1) is 5.82 Å². The summed E-state index contributed by atoms with van der Waals surface area (Å²) < 4.78 is 13.9. The SMILES string of the molecule is NC(CCC(=O)O)c1c(F)cccc1Br. The molecule has 0 aromatic heterocycles. The van der Waals surface area contributed by atoms with Gasteiger partial charge in [0, 0.05) is 22.5 Å². The molecule has 82 valence electrons. The predicted octanol–water partition coefficient (Wildman–Crippen LogP) is 2.45. The van der Waals surface area contributed by atoms with Crippen LogP contribution in [0.15, 0.2) is 22.7 Å². The summed E-state index contributed by atoms with van der Waals surface area (Å²) in [6, 6.07) is 3.95. The third kappa shape index (κ3) is 3.28. The zero-order valence-electron chi connectivity index (χ0n) is 7.91. The van der Waals surface area contributed by atoms with Gasteiger partial charge in [-0.05, 0) is 18.6 Å². The van der Waals surface area contributed by atoms with Crippen molar-refractivity contribution in [2.75, 3.05) is 0 Å². The standard InChI is InChI=1S/C10H11BrFNO2/c11-6-2-1-3-7(12)10(6)8(13)4-5-9(14)15/h1-3,8H,4-5,13H2,(H,14,15). The van der Waals surface area contributed by atoms with Gasteiger partial charge in [-0.15, -0.1) is 0 Å². The van der Waals surface area contributed by atoms with Crippen molar-refractivity contribution in [2.24, 2.45) is 5.73 Å². The van der Waals surface area contributed by atoms with E-state index in [1.54, 1.807) is 12.1 Å². The average molecular weight is 276 g/mol. The lowest BCUT2D eigenvalue weighted by Gasteiger charge is -2.13. The molecular weight excluding hydrogens is 265 g/mol. The number of carbonyl (C=O) groups is 1. The zero-order chi connectivity index (χ0) is 11.4. The highest BCUT2D eigenvalue weighted by molar-refractivity contribution is 9.10. The van der Waals surface area contributed by atoms with Gasteiger partial charge in [0.25, 0.3) is 0 Å². The predicted molar refractivity (Wildman–Crippen MR) is 57.9 cm³/mol. The van der Waals surface area contributed by atoms with Crippen LogP contribution in [0.2, 0.25) is 0 Å². The van der Waals surface area contributed by atoms with Crippen LogP contribution in [0.1, 0.15) is 24.4 Å². The quantitative estimate of drug-likeness (QED) is 0.887. The molecule has 0 amide bonds. The van der Waals surface area contributed by atoms with Crippen molar-refractivity contribution in [2.45, 2.75) is 18.9 Å². The summed E-state index contributed by atoms with van der Waals surface area (Å²) in [5.41, 5.74) is 6.04. The second-order valence-electron chi connectivity index (χ2n) is 3.17. The van der Waals surface area contributed by atoms with Gasteiger partial charge in [0.05, 0.1) is 0 Å². The summed E-state index contributed by atoms with van der Waals surface area (Å²) in [6.45, 7) is 0. The minimum absolute atomic E-state index is 0.0675. The summed E-state index contributed by atoms with van der Waals surface area (Å²) >= 11 is 3.19. The minimum atomic E-state index is -0.932. The maximum Gasteiger partial charge on any atom is 0.303 e. The maximum atomic E-state index is 13.4. The van der Waals surface area contributed by atoms with Crippen LogP contribution in [0.3, 0.4) is 0 Å². The molecule has 3 nitrogen and oxygen atoms in total. The fourth-order valence-electron chi connectivity index (χ4n) is 1.29. The van der Waals surface area contributed by atoms with Crippen molar-refractivity contribution in [1.82, 2.24) is 0 Å². The zero-order valence-corrected chi connectivity index (χ0v) is 9.50. The molecule has 1 rings (SSSR count). The van der Waals surface area contributed by atoms with Gasteiger partial charge in [0.1, 0.15) is 5.82 Å². The topological polar surface area (TPSA) is 63.3 Å². The van der Waals surface area contributed by atoms with Crippen molar-refractivity contribution >= 4 is 21.9 Å². The second-order valence-corrected chi connectivity index (χ2v) is 4.03. The van der Waals surface area contributed by atoms with Crippen LogP contribution in [-0.4, -0.2) is 11.1 Å². The summed E-state index contributed by atoms with van der Waals surface area (Å²) in [7, 11) is 0. The molecule has 1 aromatic rings. The molecule has 0 bridgehead atoms. The van der Waals surface area contributed by atoms with Crippen LogP contribution in [0.5, 0.6) is 0 Å². The lowest BCUT2D eigenvalue weighted by Crippen LogP contribution is -2.14. The third-order valence-corrected chi connectivity index (χ3v) is 2.73. The molecule has 0 spiro atoms. The first-order valence-corrected chi connectivity index (χ1v) is 5.23. The first kappa shape index (κ1) is 12.1. The second kappa shape index (κ2) is 5.23. The molecule has 1 atom stereocenters. The number of hydrogen-bond donors (Lipinski definition) is 2. The van der Waals surface area contributed by atoms with E-state index in [2.05, 4.69) is 15.9 Å². The van der Waals surface area contributed by atoms with E-state index in [0.717, 1.165) is 0 Å². The Hall–Kier alpha value is -0.940. The number of carboxylic acid groups (broad SMARTS) is 1. The normalized spacial score (nSPS) is 12.5. The summed E-state index contributed by atoms with van der Waals surface area (Å²) in [5.74, 6) is -1.35. The smallest absolute Gasteiger partial charge is 0.303 e. The van der Waals surface area contributed by atoms with Crippen molar-refractivity contribution in [3.05, 3.63) is 34.1 Å². The van der Waals surface area contributed by atoms with E-state index in [9.17, 15) is 9.18 Å². The third-order valence-electron chi connectivity index (χ3n) is 2.04. The molecule has 0 aliphatic heterocycles. The van der Waals surface area contributed by atoms with Crippen LogP contribution in [0.25, 0.3) is 0 Å². The van der Waals surface area contributed by atoms with Crippen LogP contribution < -0.4 is 5.73 Å². The molecule has 0 aliphatic carbocycles. The fourth-order valence-corrected chi connectivity index (χ4v) is 1.92. The van der Waals surface area contributed by atoms with Gasteiger partial charge in [-0.2, -0.15) is 0 Å². The lowest BCUT2D eigenvalue weighted by molar-refractivity contribution is -0.137. The van der Waals surface area contributed by atoms with Gasteiger partial charge in [-0.3, -0.25) is 4.79 Å². The van der Waals surface area contributed by atoms with Crippen LogP contribution in [-0.2, 0) is 4.79 Å². The van der Waals surface area contributed by atoms with E-state index in [0.29, 0.717) is 10.0 Å². The largest absolute Gasteiger partial charge is 0.481 e. The Morgan fingerprint density at radius 3 is 2.80 bits per heavy atom. The van der Waals surface area contributed by atoms with Gasteiger partial charge >= 0.3 is 5.97 Å². The van der Waals surface area contributed by atoms with E-state index in [-0.39, 0.29) is 12.8 Å². The minimum Gasteiger partial charge on any atom is -0.481 e. The molecule has 15 heavy (non-hydrogen) atoms. The number of aliphatic carboxylic acids is 1. The van der Waals surface area contributed by atoms with E-state index in [1.165, 1.54) is 6.07 Å². The van der Waals surface area contributed by atoms with Gasteiger partial charge in [-0.25, -0.2) is 4.39 Å². The maximum absolute atomic E-state index is 13.4. The van der Waals surface area contributed by atoms with Crippen molar-refractivity contribution in [3.63, 3.8) is 0 Å². The van der Waals surface area contributed by atoms with Gasteiger partial charge in [0.2, 0.25) is 0 Å². The number of halogens is 2. The Morgan fingerprint density at radius 1 is 1.60 bits per heavy atom. The first-order valence-electron chi connectivity index (χ1n) is 4.43. The van der Waals surface area contributed by atoms with Crippen molar-refractivity contribution in [3.8, 4) is 0 Å².